The van der Waals surface area contributed by atoms with Crippen molar-refractivity contribution in [2.75, 3.05) is 6.61 Å². The lowest BCUT2D eigenvalue weighted by atomic mass is 10.0. The largest absolute Gasteiger partial charge is 0.503 e. The van der Waals surface area contributed by atoms with Crippen LogP contribution in [0.4, 0.5) is 4.39 Å². The maximum absolute atomic E-state index is 13.1. The lowest BCUT2D eigenvalue weighted by Crippen LogP contribution is -2.57. The number of hydrogen-bond donors (Lipinski definition) is 2. The summed E-state index contributed by atoms with van der Waals surface area (Å²) in [6, 6.07) is 5.57. The highest BCUT2D eigenvalue weighted by molar-refractivity contribution is 5.99. The number of aromatic hydroxyl groups is 1. The molecule has 8 nitrogen and oxygen atoms in total. The van der Waals surface area contributed by atoms with Gasteiger partial charge in [0.15, 0.2) is 17.7 Å². The second-order valence-corrected chi connectivity index (χ2v) is 7.80. The molecule has 4 rings (SSSR count). The Labute approximate surface area is 178 Å². The SMILES string of the molecule is CCC[C@@H]1CCOC2Cn3cc(C(=O)NCc4ccc(F)cc4)c(=O)c(O)c3C(=O)N21. The minimum absolute atomic E-state index is 0.0156. The summed E-state index contributed by atoms with van der Waals surface area (Å²) in [5.74, 6) is -2.29. The fourth-order valence-corrected chi connectivity index (χ4v) is 4.20. The first-order valence-electron chi connectivity index (χ1n) is 10.3. The second-order valence-electron chi connectivity index (χ2n) is 7.80. The maximum Gasteiger partial charge on any atom is 0.276 e. The molecule has 2 aliphatic heterocycles. The number of nitrogens with one attached hydrogen (secondary N) is 1. The summed E-state index contributed by atoms with van der Waals surface area (Å²) in [4.78, 5) is 40.0. The van der Waals surface area contributed by atoms with E-state index in [9.17, 15) is 23.9 Å². The topological polar surface area (TPSA) is 101 Å². The van der Waals surface area contributed by atoms with Crippen LogP contribution >= 0.6 is 0 Å². The summed E-state index contributed by atoms with van der Waals surface area (Å²) in [6.45, 7) is 2.85. The Hall–Kier alpha value is -3.20. The predicted molar refractivity (Wildman–Crippen MR) is 109 cm³/mol. The van der Waals surface area contributed by atoms with Gasteiger partial charge in [0.05, 0.1) is 13.2 Å². The molecule has 1 unspecified atom stereocenters. The smallest absolute Gasteiger partial charge is 0.276 e. The number of pyridine rings is 1. The number of aromatic nitrogens is 1. The number of amides is 2. The Morgan fingerprint density at radius 2 is 2.03 bits per heavy atom. The molecule has 3 heterocycles. The number of carbonyl (C=O) groups is 2. The van der Waals surface area contributed by atoms with Crippen molar-refractivity contribution in [3.63, 3.8) is 0 Å². The quantitative estimate of drug-likeness (QED) is 0.757. The van der Waals surface area contributed by atoms with E-state index >= 15 is 0 Å². The molecule has 0 aliphatic carbocycles. The molecule has 2 aliphatic rings. The van der Waals surface area contributed by atoms with Crippen LogP contribution in [-0.4, -0.2) is 45.3 Å². The lowest BCUT2D eigenvalue weighted by Gasteiger charge is -2.45. The zero-order valence-corrected chi connectivity index (χ0v) is 17.1. The normalized spacial score (nSPS) is 20.2. The van der Waals surface area contributed by atoms with E-state index in [0.717, 1.165) is 12.8 Å². The summed E-state index contributed by atoms with van der Waals surface area (Å²) in [7, 11) is 0. The molecular formula is C22H24FN3O5. The maximum atomic E-state index is 13.1. The van der Waals surface area contributed by atoms with Crippen molar-refractivity contribution < 1.29 is 23.8 Å². The minimum atomic E-state index is -0.903. The molecule has 1 aromatic heterocycles. The van der Waals surface area contributed by atoms with Gasteiger partial charge in [-0.25, -0.2) is 4.39 Å². The summed E-state index contributed by atoms with van der Waals surface area (Å²) < 4.78 is 20.2. The van der Waals surface area contributed by atoms with Crippen LogP contribution < -0.4 is 10.7 Å². The molecule has 2 N–H and O–H groups in total. The number of hydrogen-bond acceptors (Lipinski definition) is 5. The molecule has 164 valence electrons. The number of ether oxygens (including phenoxy) is 1. The van der Waals surface area contributed by atoms with Crippen LogP contribution in [-0.2, 0) is 17.8 Å². The fourth-order valence-electron chi connectivity index (χ4n) is 4.20. The van der Waals surface area contributed by atoms with Gasteiger partial charge in [-0.3, -0.25) is 14.4 Å². The van der Waals surface area contributed by atoms with Crippen LogP contribution in [0.15, 0.2) is 35.3 Å². The third-order valence-corrected chi connectivity index (χ3v) is 5.74. The first-order valence-corrected chi connectivity index (χ1v) is 10.3. The number of rotatable bonds is 5. The van der Waals surface area contributed by atoms with E-state index in [1.54, 1.807) is 4.90 Å². The number of benzene rings is 1. The molecule has 2 aromatic rings. The van der Waals surface area contributed by atoms with E-state index in [2.05, 4.69) is 5.32 Å². The van der Waals surface area contributed by atoms with E-state index < -0.39 is 35.0 Å². The number of fused-ring (bicyclic) bond motifs is 2. The molecule has 1 fully saturated rings. The van der Waals surface area contributed by atoms with Gasteiger partial charge in [-0.1, -0.05) is 25.5 Å². The van der Waals surface area contributed by atoms with Crippen LogP contribution in [0, 0.1) is 5.82 Å². The Morgan fingerprint density at radius 3 is 2.74 bits per heavy atom. The van der Waals surface area contributed by atoms with Crippen LogP contribution in [0.3, 0.4) is 0 Å². The molecule has 31 heavy (non-hydrogen) atoms. The molecule has 0 spiro atoms. The molecule has 1 aromatic carbocycles. The minimum Gasteiger partial charge on any atom is -0.503 e. The van der Waals surface area contributed by atoms with Gasteiger partial charge in [-0.15, -0.1) is 0 Å². The summed E-state index contributed by atoms with van der Waals surface area (Å²) in [6.07, 6.45) is 3.18. The molecule has 9 heteroatoms. The van der Waals surface area contributed by atoms with Crippen LogP contribution in [0.25, 0.3) is 0 Å². The molecule has 2 atom stereocenters. The summed E-state index contributed by atoms with van der Waals surface area (Å²) in [5.41, 5.74) is -0.645. The van der Waals surface area contributed by atoms with Gasteiger partial charge in [-0.05, 0) is 30.5 Å². The molecular weight excluding hydrogens is 405 g/mol. The fraction of sp³-hybridized carbons (Fsp3) is 0.409. The third kappa shape index (κ3) is 3.93. The highest BCUT2D eigenvalue weighted by atomic mass is 19.1. The van der Waals surface area contributed by atoms with Gasteiger partial charge in [0.1, 0.15) is 11.4 Å². The molecule has 0 radical (unpaired) electrons. The zero-order chi connectivity index (χ0) is 22.1. The number of carbonyl (C=O) groups excluding carboxylic acids is 2. The van der Waals surface area contributed by atoms with Crippen LogP contribution in [0.1, 0.15) is 52.6 Å². The van der Waals surface area contributed by atoms with E-state index in [1.165, 1.54) is 35.0 Å². The highest BCUT2D eigenvalue weighted by Crippen LogP contribution is 2.30. The Balaban J connectivity index is 1.61. The Kier molecular flexibility index (Phi) is 5.77. The van der Waals surface area contributed by atoms with Gasteiger partial charge in [0.2, 0.25) is 5.43 Å². The number of nitrogens with zero attached hydrogens (tertiary/aromatic N) is 2. The van der Waals surface area contributed by atoms with Crippen molar-refractivity contribution in [1.82, 2.24) is 14.8 Å². The highest BCUT2D eigenvalue weighted by Gasteiger charge is 2.42. The van der Waals surface area contributed by atoms with Gasteiger partial charge in [0, 0.05) is 18.8 Å². The lowest BCUT2D eigenvalue weighted by molar-refractivity contribution is -0.117. The Morgan fingerprint density at radius 1 is 1.29 bits per heavy atom. The van der Waals surface area contributed by atoms with Gasteiger partial charge in [-0.2, -0.15) is 0 Å². The molecule has 0 bridgehead atoms. The van der Waals surface area contributed by atoms with Gasteiger partial charge >= 0.3 is 0 Å². The van der Waals surface area contributed by atoms with Crippen molar-refractivity contribution >= 4 is 11.8 Å². The van der Waals surface area contributed by atoms with E-state index in [1.807, 2.05) is 6.92 Å². The van der Waals surface area contributed by atoms with E-state index in [-0.39, 0.29) is 30.4 Å². The third-order valence-electron chi connectivity index (χ3n) is 5.74. The van der Waals surface area contributed by atoms with Crippen LogP contribution in [0.5, 0.6) is 5.75 Å². The monoisotopic (exact) mass is 429 g/mol. The van der Waals surface area contributed by atoms with Crippen molar-refractivity contribution in [1.29, 1.82) is 0 Å². The Bertz CT molecular complexity index is 1060. The van der Waals surface area contributed by atoms with E-state index in [0.29, 0.717) is 18.6 Å². The second kappa shape index (κ2) is 8.50. The van der Waals surface area contributed by atoms with Crippen molar-refractivity contribution in [3.8, 4) is 5.75 Å². The van der Waals surface area contributed by atoms with Gasteiger partial charge < -0.3 is 24.6 Å². The number of halogens is 1. The first-order chi connectivity index (χ1) is 14.9. The standard InChI is InChI=1S/C22H24FN3O5/c1-2-3-15-8-9-31-17-12-25-11-16(19(27)20(28)18(25)22(30)26(15)17)21(29)24-10-13-4-6-14(23)7-5-13/h4-7,11,15,17,28H,2-3,8-10,12H2,1H3,(H,24,29)/t15-,17?/m1/s1. The average Bonchev–Trinajstić information content (AvgIpc) is 2.75. The molecule has 2 amide bonds. The van der Waals surface area contributed by atoms with Crippen molar-refractivity contribution in [2.24, 2.45) is 0 Å². The van der Waals surface area contributed by atoms with Crippen molar-refractivity contribution in [2.45, 2.75) is 51.5 Å². The average molecular weight is 429 g/mol. The van der Waals surface area contributed by atoms with Crippen molar-refractivity contribution in [3.05, 3.63) is 63.3 Å². The zero-order valence-electron chi connectivity index (χ0n) is 17.1. The predicted octanol–water partition coefficient (Wildman–Crippen LogP) is 1.99. The van der Waals surface area contributed by atoms with Gasteiger partial charge in [0.25, 0.3) is 11.8 Å². The molecule has 1 saturated heterocycles. The van der Waals surface area contributed by atoms with E-state index in [4.69, 9.17) is 4.74 Å². The summed E-state index contributed by atoms with van der Waals surface area (Å²) >= 11 is 0. The first kappa shape index (κ1) is 21.0. The summed E-state index contributed by atoms with van der Waals surface area (Å²) in [5, 5.41) is 13.1. The molecule has 0 saturated carbocycles. The van der Waals surface area contributed by atoms with Crippen LogP contribution in [0.2, 0.25) is 0 Å².